The van der Waals surface area contributed by atoms with Gasteiger partial charge in [0.2, 0.25) is 17.7 Å². The van der Waals surface area contributed by atoms with Gasteiger partial charge in [-0.05, 0) is 57.2 Å². The monoisotopic (exact) mass is 525 g/mol. The van der Waals surface area contributed by atoms with Crippen molar-refractivity contribution in [3.8, 4) is 11.8 Å². The fraction of sp³-hybridized carbons (Fsp3) is 0.444. The number of rotatable bonds is 12. The molecule has 0 aliphatic heterocycles. The predicted molar refractivity (Wildman–Crippen MR) is 150 cm³/mol. The average Bonchev–Trinajstić information content (AvgIpc) is 3.39. The molecule has 0 bridgehead atoms. The molecular weight excluding hydrogens is 486 g/mol. The van der Waals surface area contributed by atoms with Crippen molar-refractivity contribution in [2.75, 3.05) is 51.6 Å². The molecule has 10 heteroatoms. The highest BCUT2D eigenvalue weighted by Crippen LogP contribution is 2.38. The Hall–Kier alpha value is -3.37. The summed E-state index contributed by atoms with van der Waals surface area (Å²) in [5, 5.41) is 4.54. The fourth-order valence-corrected chi connectivity index (χ4v) is 5.06. The molecule has 3 aromatic rings. The van der Waals surface area contributed by atoms with Crippen molar-refractivity contribution in [1.82, 2.24) is 14.9 Å². The smallest absolute Gasteiger partial charge is 0.294 e. The third-order valence-electron chi connectivity index (χ3n) is 6.06. The Balaban J connectivity index is 2.07. The van der Waals surface area contributed by atoms with Crippen LogP contribution in [0.3, 0.4) is 0 Å². The molecule has 1 amide bonds. The van der Waals surface area contributed by atoms with E-state index in [9.17, 15) is 4.79 Å². The van der Waals surface area contributed by atoms with E-state index in [2.05, 4.69) is 58.0 Å². The van der Waals surface area contributed by atoms with E-state index >= 15 is 0 Å². The lowest BCUT2D eigenvalue weighted by atomic mass is 10.1. The van der Waals surface area contributed by atoms with E-state index in [-0.39, 0.29) is 30.0 Å². The molecular formula is C27H39N5O4Si. The molecule has 0 saturated heterocycles. The second-order valence-corrected chi connectivity index (χ2v) is 15.3. The van der Waals surface area contributed by atoms with Gasteiger partial charge in [0.1, 0.15) is 0 Å². The minimum atomic E-state index is -1.57. The molecule has 2 aromatic heterocycles. The van der Waals surface area contributed by atoms with Crippen LogP contribution in [0.5, 0.6) is 11.8 Å². The van der Waals surface area contributed by atoms with Crippen molar-refractivity contribution in [2.45, 2.75) is 39.5 Å². The number of furan rings is 1. The lowest BCUT2D eigenvalue weighted by molar-refractivity contribution is 0.0956. The van der Waals surface area contributed by atoms with Gasteiger partial charge in [-0.25, -0.2) is 0 Å². The number of hydrogen-bond acceptors (Lipinski definition) is 8. The number of ether oxygens (including phenoxy) is 2. The Morgan fingerprint density at radius 2 is 1.76 bits per heavy atom. The van der Waals surface area contributed by atoms with Crippen LogP contribution in [-0.4, -0.2) is 70.3 Å². The average molecular weight is 526 g/mol. The normalized spacial score (nSPS) is 11.5. The molecule has 2 heterocycles. The molecule has 0 saturated carbocycles. The first-order valence-electron chi connectivity index (χ1n) is 12.4. The molecule has 0 atom stereocenters. The highest BCUT2D eigenvalue weighted by molar-refractivity contribution is 6.88. The van der Waals surface area contributed by atoms with E-state index in [1.54, 1.807) is 17.0 Å². The van der Waals surface area contributed by atoms with Gasteiger partial charge in [-0.2, -0.15) is 9.97 Å². The van der Waals surface area contributed by atoms with Crippen molar-refractivity contribution in [3.63, 3.8) is 0 Å². The van der Waals surface area contributed by atoms with Crippen molar-refractivity contribution in [1.29, 1.82) is 0 Å². The van der Waals surface area contributed by atoms with Crippen LogP contribution in [0.25, 0.3) is 0 Å². The number of amides is 1. The van der Waals surface area contributed by atoms with Crippen molar-refractivity contribution >= 4 is 30.8 Å². The SMILES string of the molecule is COc1nc(NCCCN(C)C)nc(OC)c1N(Cc1cc([Si](C)(C)C)ccc1C)C(=O)c1ccco1. The van der Waals surface area contributed by atoms with Gasteiger partial charge in [0.25, 0.3) is 5.91 Å². The molecule has 1 N–H and O–H groups in total. The minimum Gasteiger partial charge on any atom is -0.479 e. The Bertz CT molecular complexity index is 1170. The summed E-state index contributed by atoms with van der Waals surface area (Å²) in [7, 11) is 5.53. The number of benzene rings is 1. The molecule has 9 nitrogen and oxygen atoms in total. The summed E-state index contributed by atoms with van der Waals surface area (Å²) in [6, 6.07) is 9.83. The Kier molecular flexibility index (Phi) is 9.33. The molecule has 1 aromatic carbocycles. The summed E-state index contributed by atoms with van der Waals surface area (Å²) >= 11 is 0. The molecule has 0 aliphatic rings. The van der Waals surface area contributed by atoms with Crippen molar-refractivity contribution in [3.05, 3.63) is 53.5 Å². The molecule has 37 heavy (non-hydrogen) atoms. The third kappa shape index (κ3) is 7.11. The Labute approximate surface area is 220 Å². The highest BCUT2D eigenvalue weighted by Gasteiger charge is 2.30. The standard InChI is InChI=1S/C27H39N5O4Si/c1-19-12-13-21(37(6,7)8)17-20(19)18-32(26(33)22-11-9-16-36-22)23-24(34-4)29-27(30-25(23)35-5)28-14-10-15-31(2)3/h9,11-13,16-17H,10,14-15,18H2,1-8H3,(H,28,29,30). The van der Waals surface area contributed by atoms with Crippen LogP contribution in [-0.2, 0) is 6.54 Å². The van der Waals surface area contributed by atoms with Gasteiger partial charge in [-0.1, -0.05) is 43.0 Å². The van der Waals surface area contributed by atoms with Crippen LogP contribution in [0.2, 0.25) is 19.6 Å². The number of carbonyl (C=O) groups excluding carboxylic acids is 1. The number of carbonyl (C=O) groups is 1. The van der Waals surface area contributed by atoms with Gasteiger partial charge in [0.05, 0.1) is 35.1 Å². The highest BCUT2D eigenvalue weighted by atomic mass is 28.3. The van der Waals surface area contributed by atoms with Gasteiger partial charge in [0.15, 0.2) is 11.4 Å². The largest absolute Gasteiger partial charge is 0.479 e. The second kappa shape index (κ2) is 12.2. The fourth-order valence-electron chi connectivity index (χ4n) is 3.87. The second-order valence-electron chi connectivity index (χ2n) is 10.3. The van der Waals surface area contributed by atoms with E-state index in [1.165, 1.54) is 25.7 Å². The molecule has 200 valence electrons. The van der Waals surface area contributed by atoms with Crippen LogP contribution in [0.1, 0.15) is 28.1 Å². The molecule has 0 aliphatic carbocycles. The van der Waals surface area contributed by atoms with E-state index in [0.29, 0.717) is 18.2 Å². The summed E-state index contributed by atoms with van der Waals surface area (Å²) in [4.78, 5) is 26.6. The zero-order chi connectivity index (χ0) is 27.2. The summed E-state index contributed by atoms with van der Waals surface area (Å²) in [5.41, 5.74) is 2.45. The van der Waals surface area contributed by atoms with E-state index in [0.717, 1.165) is 24.1 Å². The first kappa shape index (κ1) is 28.2. The Morgan fingerprint density at radius 1 is 1.08 bits per heavy atom. The number of aryl methyl sites for hydroxylation is 1. The van der Waals surface area contributed by atoms with Gasteiger partial charge in [-0.3, -0.25) is 9.69 Å². The predicted octanol–water partition coefficient (Wildman–Crippen LogP) is 4.15. The van der Waals surface area contributed by atoms with E-state index in [1.807, 2.05) is 21.0 Å². The number of anilines is 2. The quantitative estimate of drug-likeness (QED) is 0.278. The summed E-state index contributed by atoms with van der Waals surface area (Å²) < 4.78 is 16.8. The molecule has 3 rings (SSSR count). The van der Waals surface area contributed by atoms with Crippen LogP contribution in [0, 0.1) is 6.92 Å². The van der Waals surface area contributed by atoms with Crippen LogP contribution in [0.15, 0.2) is 41.0 Å². The summed E-state index contributed by atoms with van der Waals surface area (Å²) in [5.74, 6) is 0.712. The van der Waals surface area contributed by atoms with Crippen LogP contribution >= 0.6 is 0 Å². The van der Waals surface area contributed by atoms with Gasteiger partial charge < -0.3 is 24.1 Å². The maximum absolute atomic E-state index is 13.8. The van der Waals surface area contributed by atoms with Crippen molar-refractivity contribution < 1.29 is 18.7 Å². The number of hydrogen-bond donors (Lipinski definition) is 1. The number of methoxy groups -OCH3 is 2. The number of aromatic nitrogens is 2. The number of nitrogens with one attached hydrogen (secondary N) is 1. The van der Waals surface area contributed by atoms with Crippen molar-refractivity contribution in [2.24, 2.45) is 0 Å². The molecule has 0 unspecified atom stereocenters. The van der Waals surface area contributed by atoms with Gasteiger partial charge in [0, 0.05) is 6.54 Å². The van der Waals surface area contributed by atoms with Gasteiger partial charge >= 0.3 is 0 Å². The zero-order valence-corrected chi connectivity index (χ0v) is 24.2. The zero-order valence-electron chi connectivity index (χ0n) is 23.2. The summed E-state index contributed by atoms with van der Waals surface area (Å²) in [6.07, 6.45) is 2.40. The van der Waals surface area contributed by atoms with Crippen LogP contribution in [0.4, 0.5) is 11.6 Å². The Morgan fingerprint density at radius 3 is 2.30 bits per heavy atom. The molecule has 0 radical (unpaired) electrons. The van der Waals surface area contributed by atoms with E-state index < -0.39 is 8.07 Å². The first-order chi connectivity index (χ1) is 17.5. The maximum Gasteiger partial charge on any atom is 0.294 e. The van der Waals surface area contributed by atoms with Gasteiger partial charge in [-0.15, -0.1) is 0 Å². The lowest BCUT2D eigenvalue weighted by Gasteiger charge is -2.26. The molecule has 0 spiro atoms. The van der Waals surface area contributed by atoms with E-state index in [4.69, 9.17) is 13.9 Å². The number of nitrogens with zero attached hydrogens (tertiary/aromatic N) is 4. The van der Waals surface area contributed by atoms with Crippen LogP contribution < -0.4 is 24.9 Å². The first-order valence-corrected chi connectivity index (χ1v) is 15.9. The molecule has 0 fully saturated rings. The third-order valence-corrected chi connectivity index (χ3v) is 8.11. The lowest BCUT2D eigenvalue weighted by Crippen LogP contribution is -2.38. The maximum atomic E-state index is 13.8. The topological polar surface area (TPSA) is 93.0 Å². The summed E-state index contributed by atoms with van der Waals surface area (Å²) in [6.45, 7) is 10.8. The minimum absolute atomic E-state index is 0.203.